The minimum Gasteiger partial charge on any atom is -0.355 e. The zero-order chi connectivity index (χ0) is 23.6. The lowest BCUT2D eigenvalue weighted by molar-refractivity contribution is -0.141. The van der Waals surface area contributed by atoms with Crippen LogP contribution in [0.1, 0.15) is 54.9 Å². The monoisotopic (exact) mass is 442 g/mol. The maximum Gasteiger partial charge on any atom is 0.242 e. The van der Waals surface area contributed by atoms with Crippen molar-refractivity contribution in [2.45, 2.75) is 52.1 Å². The summed E-state index contributed by atoms with van der Waals surface area (Å²) in [5, 5.41) is 2.91. The first-order chi connectivity index (χ1) is 16.0. The smallest absolute Gasteiger partial charge is 0.242 e. The summed E-state index contributed by atoms with van der Waals surface area (Å²) in [4.78, 5) is 28.5. The van der Waals surface area contributed by atoms with Gasteiger partial charge in [0.2, 0.25) is 11.8 Å². The van der Waals surface area contributed by atoms with Gasteiger partial charge in [0.05, 0.1) is 0 Å². The lowest BCUT2D eigenvalue weighted by Gasteiger charge is -2.32. The van der Waals surface area contributed by atoms with E-state index in [4.69, 9.17) is 0 Å². The van der Waals surface area contributed by atoms with E-state index in [-0.39, 0.29) is 17.7 Å². The highest BCUT2D eigenvalue weighted by Crippen LogP contribution is 2.29. The summed E-state index contributed by atoms with van der Waals surface area (Å²) < 4.78 is 0. The van der Waals surface area contributed by atoms with Gasteiger partial charge in [-0.2, -0.15) is 0 Å². The Morgan fingerprint density at radius 3 is 1.85 bits per heavy atom. The Bertz CT molecular complexity index is 977. The average Bonchev–Trinajstić information content (AvgIpc) is 2.84. The van der Waals surface area contributed by atoms with Crippen molar-refractivity contribution in [1.29, 1.82) is 0 Å². The number of aryl methyl sites for hydroxylation is 1. The Kier molecular flexibility index (Phi) is 8.82. The van der Waals surface area contributed by atoms with Crippen LogP contribution in [0.5, 0.6) is 0 Å². The number of hydrogen-bond donors (Lipinski definition) is 1. The molecular weight excluding hydrogens is 408 g/mol. The van der Waals surface area contributed by atoms with Gasteiger partial charge in [0.15, 0.2) is 0 Å². The number of nitrogens with zero attached hydrogens (tertiary/aromatic N) is 1. The molecule has 0 heterocycles. The molecule has 0 saturated carbocycles. The maximum absolute atomic E-state index is 13.8. The van der Waals surface area contributed by atoms with E-state index in [1.807, 2.05) is 81.4 Å². The third kappa shape index (κ3) is 6.55. The van der Waals surface area contributed by atoms with Crippen LogP contribution in [0.25, 0.3) is 0 Å². The summed E-state index contributed by atoms with van der Waals surface area (Å²) in [6.45, 7) is 6.85. The summed E-state index contributed by atoms with van der Waals surface area (Å²) in [5.74, 6) is -0.199. The van der Waals surface area contributed by atoms with E-state index in [1.54, 1.807) is 4.90 Å². The van der Waals surface area contributed by atoms with Crippen LogP contribution < -0.4 is 5.32 Å². The van der Waals surface area contributed by atoms with Gasteiger partial charge < -0.3 is 10.2 Å². The van der Waals surface area contributed by atoms with Crippen LogP contribution in [0, 0.1) is 6.92 Å². The second-order valence-corrected chi connectivity index (χ2v) is 8.40. The van der Waals surface area contributed by atoms with Crippen LogP contribution in [0.4, 0.5) is 0 Å². The van der Waals surface area contributed by atoms with E-state index in [2.05, 4.69) is 29.6 Å². The summed E-state index contributed by atoms with van der Waals surface area (Å²) in [5.41, 5.74) is 4.38. The summed E-state index contributed by atoms with van der Waals surface area (Å²) >= 11 is 0. The molecule has 1 unspecified atom stereocenters. The van der Waals surface area contributed by atoms with Crippen molar-refractivity contribution in [1.82, 2.24) is 10.2 Å². The lowest BCUT2D eigenvalue weighted by atomic mass is 9.88. The third-order valence-electron chi connectivity index (χ3n) is 5.99. The van der Waals surface area contributed by atoms with Gasteiger partial charge in [-0.15, -0.1) is 0 Å². The molecule has 0 aliphatic heterocycles. The number of nitrogens with one attached hydrogen (secondary N) is 1. The van der Waals surface area contributed by atoms with E-state index in [0.29, 0.717) is 25.9 Å². The Morgan fingerprint density at radius 2 is 1.36 bits per heavy atom. The highest BCUT2D eigenvalue weighted by molar-refractivity contribution is 5.88. The third-order valence-corrected chi connectivity index (χ3v) is 5.99. The number of hydrogen-bond acceptors (Lipinski definition) is 2. The van der Waals surface area contributed by atoms with Crippen LogP contribution in [0.15, 0.2) is 84.9 Å². The minimum atomic E-state index is -0.508. The second-order valence-electron chi connectivity index (χ2n) is 8.40. The van der Waals surface area contributed by atoms with Crippen LogP contribution in [-0.2, 0) is 16.1 Å². The molecule has 3 rings (SSSR count). The minimum absolute atomic E-state index is 0.0219. The molecule has 1 N–H and O–H groups in total. The molecule has 172 valence electrons. The topological polar surface area (TPSA) is 49.4 Å². The number of rotatable bonds is 10. The highest BCUT2D eigenvalue weighted by atomic mass is 16.2. The molecule has 0 aliphatic carbocycles. The molecule has 2 amide bonds. The number of likely N-dealkylation sites (N-methyl/N-ethyl adjacent to an activating group) is 1. The first-order valence-electron chi connectivity index (χ1n) is 11.8. The molecule has 0 aromatic heterocycles. The summed E-state index contributed by atoms with van der Waals surface area (Å²) in [7, 11) is 0. The normalized spacial score (nSPS) is 11.8. The molecule has 0 spiro atoms. The molecular formula is C29H34N2O2. The maximum atomic E-state index is 13.8. The van der Waals surface area contributed by atoms with Gasteiger partial charge in [-0.1, -0.05) is 97.4 Å². The van der Waals surface area contributed by atoms with Crippen LogP contribution in [0.3, 0.4) is 0 Å². The van der Waals surface area contributed by atoms with Crippen molar-refractivity contribution >= 4 is 11.8 Å². The lowest BCUT2D eigenvalue weighted by Crippen LogP contribution is -2.49. The molecule has 0 bridgehead atoms. The van der Waals surface area contributed by atoms with Crippen molar-refractivity contribution in [2.24, 2.45) is 0 Å². The largest absolute Gasteiger partial charge is 0.355 e. The number of carbonyl (C=O) groups is 2. The zero-order valence-corrected chi connectivity index (χ0v) is 19.8. The van der Waals surface area contributed by atoms with Gasteiger partial charge in [-0.25, -0.2) is 0 Å². The molecule has 3 aromatic rings. The van der Waals surface area contributed by atoms with Gasteiger partial charge in [0, 0.05) is 25.4 Å². The van der Waals surface area contributed by atoms with Gasteiger partial charge >= 0.3 is 0 Å². The van der Waals surface area contributed by atoms with Gasteiger partial charge in [-0.05, 0) is 37.0 Å². The molecule has 0 radical (unpaired) electrons. The van der Waals surface area contributed by atoms with E-state index in [0.717, 1.165) is 16.7 Å². The number of amides is 2. The van der Waals surface area contributed by atoms with E-state index in [9.17, 15) is 9.59 Å². The Balaban J connectivity index is 1.94. The molecule has 4 nitrogen and oxygen atoms in total. The number of carbonyl (C=O) groups excluding carboxylic acids is 2. The van der Waals surface area contributed by atoms with E-state index in [1.165, 1.54) is 5.56 Å². The fraction of sp³-hybridized carbons (Fsp3) is 0.310. The van der Waals surface area contributed by atoms with Gasteiger partial charge in [-0.3, -0.25) is 9.59 Å². The Morgan fingerprint density at radius 1 is 0.818 bits per heavy atom. The number of benzene rings is 3. The second kappa shape index (κ2) is 12.0. The molecule has 0 saturated heterocycles. The molecule has 4 heteroatoms. The average molecular weight is 443 g/mol. The highest BCUT2D eigenvalue weighted by Gasteiger charge is 2.30. The van der Waals surface area contributed by atoms with Gasteiger partial charge in [0.1, 0.15) is 6.04 Å². The first kappa shape index (κ1) is 24.2. The predicted octanol–water partition coefficient (Wildman–Crippen LogP) is 5.46. The molecule has 0 fully saturated rings. The van der Waals surface area contributed by atoms with E-state index >= 15 is 0 Å². The predicted molar refractivity (Wildman–Crippen MR) is 134 cm³/mol. The van der Waals surface area contributed by atoms with Crippen LogP contribution in [-0.4, -0.2) is 29.3 Å². The van der Waals surface area contributed by atoms with E-state index < -0.39 is 6.04 Å². The summed E-state index contributed by atoms with van der Waals surface area (Å²) in [6.07, 6.45) is 0.862. The van der Waals surface area contributed by atoms with Crippen molar-refractivity contribution in [3.05, 3.63) is 107 Å². The van der Waals surface area contributed by atoms with Crippen molar-refractivity contribution < 1.29 is 9.59 Å². The zero-order valence-electron chi connectivity index (χ0n) is 19.8. The SMILES string of the molecule is CCNC(=O)C(CC)N(Cc1ccc(C)cc1)C(=O)CC(c1ccccc1)c1ccccc1. The fourth-order valence-corrected chi connectivity index (χ4v) is 4.19. The van der Waals surface area contributed by atoms with Gasteiger partial charge in [0.25, 0.3) is 0 Å². The first-order valence-corrected chi connectivity index (χ1v) is 11.8. The standard InChI is InChI=1S/C29H34N2O2/c1-4-27(29(33)30-5-2)31(21-23-18-16-22(3)17-19-23)28(32)20-26(24-12-8-6-9-13-24)25-14-10-7-11-15-25/h6-19,26-27H,4-5,20-21H2,1-3H3,(H,30,33). The van der Waals surface area contributed by atoms with Crippen LogP contribution >= 0.6 is 0 Å². The van der Waals surface area contributed by atoms with Crippen molar-refractivity contribution in [3.8, 4) is 0 Å². The molecule has 0 aliphatic rings. The molecule has 33 heavy (non-hydrogen) atoms. The van der Waals surface area contributed by atoms with Crippen molar-refractivity contribution in [2.75, 3.05) is 6.54 Å². The molecule has 1 atom stereocenters. The quantitative estimate of drug-likeness (QED) is 0.453. The van der Waals surface area contributed by atoms with Crippen LogP contribution in [0.2, 0.25) is 0 Å². The molecule has 3 aromatic carbocycles. The Labute approximate surface area is 197 Å². The summed E-state index contributed by atoms with van der Waals surface area (Å²) in [6, 6.07) is 27.9. The Hall–Kier alpha value is -3.40. The fourth-order valence-electron chi connectivity index (χ4n) is 4.19. The van der Waals surface area contributed by atoms with Crippen molar-refractivity contribution in [3.63, 3.8) is 0 Å².